The molecular weight excluding hydrogens is 272 g/mol. The highest BCUT2D eigenvalue weighted by atomic mass is 19.1. The second-order valence-electron chi connectivity index (χ2n) is 5.46. The number of likely N-dealkylation sites (tertiary alicyclic amines) is 1. The van der Waals surface area contributed by atoms with Crippen LogP contribution in [0.25, 0.3) is 0 Å². The molecule has 0 amide bonds. The Morgan fingerprint density at radius 1 is 1.14 bits per heavy atom. The lowest BCUT2D eigenvalue weighted by Crippen LogP contribution is -2.32. The number of nitriles is 1. The minimum absolute atomic E-state index is 0.00646. The van der Waals surface area contributed by atoms with Crippen LogP contribution in [-0.4, -0.2) is 31.1 Å². The van der Waals surface area contributed by atoms with Crippen LogP contribution >= 0.6 is 0 Å². The van der Waals surface area contributed by atoms with Crippen LogP contribution < -0.4 is 5.32 Å². The Bertz CT molecular complexity index is 482. The molecule has 3 nitrogen and oxygen atoms in total. The van der Waals surface area contributed by atoms with Gasteiger partial charge in [0.1, 0.15) is 11.6 Å². The standard InChI is InChI=1S/C16H21F2N3/c17-15-9-13(11-19)10-16(18)14(15)12-20-5-4-8-21-6-2-1-3-7-21/h9-10,20H,1-8,12H2. The minimum Gasteiger partial charge on any atom is -0.312 e. The number of nitrogens with one attached hydrogen (secondary N) is 1. The van der Waals surface area contributed by atoms with Crippen LogP contribution in [-0.2, 0) is 6.54 Å². The molecule has 0 atom stereocenters. The summed E-state index contributed by atoms with van der Waals surface area (Å²) in [4.78, 5) is 2.44. The van der Waals surface area contributed by atoms with Crippen LogP contribution in [0.2, 0.25) is 0 Å². The molecule has 114 valence electrons. The molecule has 1 aliphatic rings. The first-order chi connectivity index (χ1) is 10.2. The van der Waals surface area contributed by atoms with Gasteiger partial charge in [0, 0.05) is 12.1 Å². The largest absolute Gasteiger partial charge is 0.312 e. The molecule has 0 aliphatic carbocycles. The monoisotopic (exact) mass is 293 g/mol. The zero-order chi connectivity index (χ0) is 15.1. The summed E-state index contributed by atoms with van der Waals surface area (Å²) in [5.41, 5.74) is 0.0193. The Morgan fingerprint density at radius 2 is 1.81 bits per heavy atom. The number of piperidine rings is 1. The highest BCUT2D eigenvalue weighted by molar-refractivity contribution is 5.34. The second kappa shape index (κ2) is 8.06. The highest BCUT2D eigenvalue weighted by Crippen LogP contribution is 2.15. The number of rotatable bonds is 6. The van der Waals surface area contributed by atoms with E-state index in [1.54, 1.807) is 6.07 Å². The molecule has 1 aromatic rings. The third-order valence-corrected chi connectivity index (χ3v) is 3.85. The molecule has 0 aromatic heterocycles. The predicted molar refractivity (Wildman–Crippen MR) is 77.7 cm³/mol. The maximum atomic E-state index is 13.7. The molecule has 0 saturated carbocycles. The Kier molecular flexibility index (Phi) is 6.09. The van der Waals surface area contributed by atoms with Gasteiger partial charge in [-0.25, -0.2) is 8.78 Å². The van der Waals surface area contributed by atoms with Gasteiger partial charge in [-0.2, -0.15) is 5.26 Å². The van der Waals surface area contributed by atoms with Crippen molar-refractivity contribution < 1.29 is 8.78 Å². The van der Waals surface area contributed by atoms with E-state index in [0.717, 1.165) is 31.6 Å². The Hall–Kier alpha value is -1.51. The zero-order valence-electron chi connectivity index (χ0n) is 12.2. The van der Waals surface area contributed by atoms with E-state index in [9.17, 15) is 8.78 Å². The summed E-state index contributed by atoms with van der Waals surface area (Å²) in [5.74, 6) is -1.31. The van der Waals surface area contributed by atoms with Gasteiger partial charge in [0.25, 0.3) is 0 Å². The number of nitrogens with zero attached hydrogens (tertiary/aromatic N) is 2. The predicted octanol–water partition coefficient (Wildman–Crippen LogP) is 2.80. The molecule has 1 saturated heterocycles. The first kappa shape index (κ1) is 15.9. The van der Waals surface area contributed by atoms with Crippen LogP contribution in [0.3, 0.4) is 0 Å². The van der Waals surface area contributed by atoms with Gasteiger partial charge in [-0.05, 0) is 57.6 Å². The van der Waals surface area contributed by atoms with Crippen LogP contribution in [0.15, 0.2) is 12.1 Å². The van der Waals surface area contributed by atoms with Crippen molar-refractivity contribution in [2.24, 2.45) is 0 Å². The van der Waals surface area contributed by atoms with Crippen molar-refractivity contribution in [2.75, 3.05) is 26.2 Å². The van der Waals surface area contributed by atoms with Crippen LogP contribution in [0, 0.1) is 23.0 Å². The van der Waals surface area contributed by atoms with Gasteiger partial charge in [0.2, 0.25) is 0 Å². The number of hydrogen-bond acceptors (Lipinski definition) is 3. The highest BCUT2D eigenvalue weighted by Gasteiger charge is 2.11. The van der Waals surface area contributed by atoms with Gasteiger partial charge in [-0.1, -0.05) is 6.42 Å². The average molecular weight is 293 g/mol. The molecule has 1 fully saturated rings. The molecule has 1 N–H and O–H groups in total. The summed E-state index contributed by atoms with van der Waals surface area (Å²) in [6.07, 6.45) is 4.84. The van der Waals surface area contributed by atoms with Gasteiger partial charge in [-0.15, -0.1) is 0 Å². The van der Waals surface area contributed by atoms with Crippen molar-refractivity contribution in [2.45, 2.75) is 32.2 Å². The zero-order valence-corrected chi connectivity index (χ0v) is 12.2. The summed E-state index contributed by atoms with van der Waals surface area (Å²) in [7, 11) is 0. The number of benzene rings is 1. The lowest BCUT2D eigenvalue weighted by atomic mass is 10.1. The van der Waals surface area contributed by atoms with Gasteiger partial charge >= 0.3 is 0 Å². The average Bonchev–Trinajstić information content (AvgIpc) is 2.50. The van der Waals surface area contributed by atoms with E-state index in [1.807, 2.05) is 0 Å². The second-order valence-corrected chi connectivity index (χ2v) is 5.46. The summed E-state index contributed by atoms with van der Waals surface area (Å²) < 4.78 is 27.3. The maximum absolute atomic E-state index is 13.7. The maximum Gasteiger partial charge on any atom is 0.131 e. The SMILES string of the molecule is N#Cc1cc(F)c(CNCCCN2CCCCC2)c(F)c1. The molecular formula is C16H21F2N3. The van der Waals surface area contributed by atoms with E-state index in [4.69, 9.17) is 5.26 Å². The molecule has 1 aliphatic heterocycles. The van der Waals surface area contributed by atoms with Crippen molar-refractivity contribution in [1.82, 2.24) is 10.2 Å². The topological polar surface area (TPSA) is 39.1 Å². The van der Waals surface area contributed by atoms with Gasteiger partial charge in [0.15, 0.2) is 0 Å². The molecule has 0 spiro atoms. The normalized spacial score (nSPS) is 15.9. The Morgan fingerprint density at radius 3 is 2.43 bits per heavy atom. The smallest absolute Gasteiger partial charge is 0.131 e. The van der Waals surface area contributed by atoms with Crippen LogP contribution in [0.5, 0.6) is 0 Å². The fraction of sp³-hybridized carbons (Fsp3) is 0.562. The van der Waals surface area contributed by atoms with E-state index in [2.05, 4.69) is 10.2 Å². The third-order valence-electron chi connectivity index (χ3n) is 3.85. The van der Waals surface area contributed by atoms with Crippen molar-refractivity contribution >= 4 is 0 Å². The van der Waals surface area contributed by atoms with E-state index in [-0.39, 0.29) is 17.7 Å². The first-order valence-electron chi connectivity index (χ1n) is 7.52. The molecule has 0 unspecified atom stereocenters. The quantitative estimate of drug-likeness (QED) is 0.820. The fourth-order valence-corrected chi connectivity index (χ4v) is 2.66. The molecule has 0 radical (unpaired) electrons. The van der Waals surface area contributed by atoms with E-state index in [0.29, 0.717) is 0 Å². The van der Waals surface area contributed by atoms with Crippen LogP contribution in [0.4, 0.5) is 8.78 Å². The minimum atomic E-state index is -0.657. The summed E-state index contributed by atoms with van der Waals surface area (Å²) >= 11 is 0. The molecule has 21 heavy (non-hydrogen) atoms. The number of hydrogen-bond donors (Lipinski definition) is 1. The lowest BCUT2D eigenvalue weighted by molar-refractivity contribution is 0.225. The molecule has 5 heteroatoms. The number of halogens is 2. The van der Waals surface area contributed by atoms with Crippen molar-refractivity contribution in [3.8, 4) is 6.07 Å². The van der Waals surface area contributed by atoms with Gasteiger partial charge in [-0.3, -0.25) is 0 Å². The van der Waals surface area contributed by atoms with Crippen molar-refractivity contribution in [3.05, 3.63) is 34.9 Å². The molecule has 0 bridgehead atoms. The van der Waals surface area contributed by atoms with Crippen LogP contribution in [0.1, 0.15) is 36.8 Å². The lowest BCUT2D eigenvalue weighted by Gasteiger charge is -2.26. The summed E-state index contributed by atoms with van der Waals surface area (Å²) in [6.45, 7) is 4.25. The Balaban J connectivity index is 1.72. The van der Waals surface area contributed by atoms with E-state index in [1.165, 1.54) is 32.4 Å². The van der Waals surface area contributed by atoms with E-state index < -0.39 is 11.6 Å². The fourth-order valence-electron chi connectivity index (χ4n) is 2.66. The van der Waals surface area contributed by atoms with Crippen molar-refractivity contribution in [3.63, 3.8) is 0 Å². The van der Waals surface area contributed by atoms with Gasteiger partial charge < -0.3 is 10.2 Å². The summed E-state index contributed by atoms with van der Waals surface area (Å²) in [6, 6.07) is 3.90. The molecule has 2 rings (SSSR count). The van der Waals surface area contributed by atoms with Gasteiger partial charge in [0.05, 0.1) is 11.6 Å². The molecule has 1 aromatic carbocycles. The third kappa shape index (κ3) is 4.76. The Labute approximate surface area is 124 Å². The first-order valence-corrected chi connectivity index (χ1v) is 7.52. The van der Waals surface area contributed by atoms with E-state index >= 15 is 0 Å². The van der Waals surface area contributed by atoms with Crippen molar-refractivity contribution in [1.29, 1.82) is 5.26 Å². The molecule has 1 heterocycles. The summed E-state index contributed by atoms with van der Waals surface area (Å²) in [5, 5.41) is 11.7.